The van der Waals surface area contributed by atoms with Crippen molar-refractivity contribution in [3.05, 3.63) is 47.2 Å². The Morgan fingerprint density at radius 3 is 2.00 bits per heavy atom. The molecule has 2 heterocycles. The lowest BCUT2D eigenvalue weighted by Crippen LogP contribution is -2.66. The molecule has 0 unspecified atom stereocenters. The third kappa shape index (κ3) is 9.10. The average Bonchev–Trinajstić information content (AvgIpc) is 2.99. The van der Waals surface area contributed by atoms with E-state index in [-0.39, 0.29) is 31.6 Å². The molecule has 250 valence electrons. The predicted octanol–water partition coefficient (Wildman–Crippen LogP) is 0.872. The monoisotopic (exact) mass is 647 g/mol. The molecule has 0 aliphatic carbocycles. The summed E-state index contributed by atoms with van der Waals surface area (Å²) >= 11 is 0. The van der Waals surface area contributed by atoms with E-state index in [1.54, 1.807) is 30.3 Å². The van der Waals surface area contributed by atoms with Crippen molar-refractivity contribution in [2.24, 2.45) is 0 Å². The smallest absolute Gasteiger partial charge is 0.333 e. The Kier molecular flexibility index (Phi) is 12.4. The van der Waals surface area contributed by atoms with Gasteiger partial charge < -0.3 is 34.1 Å². The van der Waals surface area contributed by atoms with Gasteiger partial charge in [-0.2, -0.15) is 0 Å². The van der Waals surface area contributed by atoms with Gasteiger partial charge in [-0.3, -0.25) is 38.6 Å². The molecule has 1 aromatic rings. The van der Waals surface area contributed by atoms with Crippen LogP contribution in [0.1, 0.15) is 45.6 Å². The summed E-state index contributed by atoms with van der Waals surface area (Å²) in [7, 11) is 2.35. The van der Waals surface area contributed by atoms with Crippen molar-refractivity contribution in [2.45, 2.75) is 77.3 Å². The summed E-state index contributed by atoms with van der Waals surface area (Å²) in [6, 6.07) is 6.71. The molecule has 2 saturated heterocycles. The minimum absolute atomic E-state index is 0.0439. The fraction of sp³-hybridized carbons (Fsp3) is 0.500. The number of aliphatic carboxylic acids is 1. The summed E-state index contributed by atoms with van der Waals surface area (Å²) in [5, 5.41) is 12.3. The molecule has 2 aliphatic heterocycles. The molecule has 46 heavy (non-hydrogen) atoms. The lowest BCUT2D eigenvalue weighted by molar-refractivity contribution is -0.280. The Morgan fingerprint density at radius 2 is 1.46 bits per heavy atom. The molecule has 4 amide bonds. The second-order valence-corrected chi connectivity index (χ2v) is 10.6. The number of allylic oxidation sites excluding steroid dienone is 1. The number of carbonyl (C=O) groups is 7. The number of ether oxygens (including phenoxy) is 5. The number of amides is 4. The molecule has 16 nitrogen and oxygen atoms in total. The highest BCUT2D eigenvalue weighted by Gasteiger charge is 2.52. The van der Waals surface area contributed by atoms with Crippen LogP contribution in [0.5, 0.6) is 0 Å². The number of nitrogens with one attached hydrogen (secondary N) is 1. The molecule has 0 saturated carbocycles. The van der Waals surface area contributed by atoms with E-state index < -0.39 is 84.5 Å². The van der Waals surface area contributed by atoms with Crippen LogP contribution in [0.25, 0.3) is 0 Å². The van der Waals surface area contributed by atoms with Crippen LogP contribution < -0.4 is 5.32 Å². The maximum Gasteiger partial charge on any atom is 0.333 e. The maximum atomic E-state index is 13.3. The number of carbonyl (C=O) groups excluding carboxylic acids is 6. The van der Waals surface area contributed by atoms with E-state index in [9.17, 15) is 38.7 Å². The number of barbiturate groups is 1. The van der Waals surface area contributed by atoms with Crippen molar-refractivity contribution in [2.75, 3.05) is 20.7 Å². The third-order valence-corrected chi connectivity index (χ3v) is 7.03. The summed E-state index contributed by atoms with van der Waals surface area (Å²) in [5.74, 6) is -5.32. The normalized spacial score (nSPS) is 23.1. The second-order valence-electron chi connectivity index (χ2n) is 10.6. The van der Waals surface area contributed by atoms with Gasteiger partial charge in [-0.05, 0) is 18.4 Å². The summed E-state index contributed by atoms with van der Waals surface area (Å²) in [6.07, 6.45) is -5.94. The topological polar surface area (TPSA) is 204 Å². The molecule has 2 aliphatic rings. The maximum absolute atomic E-state index is 13.3. The molecule has 0 bridgehead atoms. The zero-order chi connectivity index (χ0) is 34.1. The number of hydrogen-bond donors (Lipinski definition) is 2. The molecular weight excluding hydrogens is 610 g/mol. The van der Waals surface area contributed by atoms with Gasteiger partial charge in [-0.15, -0.1) is 0 Å². The van der Waals surface area contributed by atoms with E-state index in [2.05, 4.69) is 5.32 Å². The average molecular weight is 648 g/mol. The van der Waals surface area contributed by atoms with E-state index >= 15 is 0 Å². The first kappa shape index (κ1) is 35.6. The Hall–Kier alpha value is -4.83. The number of rotatable bonds is 13. The highest BCUT2D eigenvalue weighted by Crippen LogP contribution is 2.31. The fourth-order valence-corrected chi connectivity index (χ4v) is 4.92. The first-order valence-corrected chi connectivity index (χ1v) is 14.3. The van der Waals surface area contributed by atoms with Gasteiger partial charge in [0.15, 0.2) is 18.5 Å². The lowest BCUT2D eigenvalue weighted by atomic mass is 9.94. The quantitative estimate of drug-likeness (QED) is 0.132. The Labute approximate surface area is 264 Å². The number of nitrogens with zero attached hydrogens (tertiary/aromatic N) is 2. The number of carboxylic acids is 1. The lowest BCUT2D eigenvalue weighted by Gasteiger charge is -2.46. The number of carboxylic acid groups (broad SMARTS) is 1. The Bertz CT molecular complexity index is 1350. The van der Waals surface area contributed by atoms with Crippen LogP contribution in [0.4, 0.5) is 4.79 Å². The van der Waals surface area contributed by atoms with E-state index in [4.69, 9.17) is 23.7 Å². The van der Waals surface area contributed by atoms with E-state index in [0.29, 0.717) is 5.56 Å². The van der Waals surface area contributed by atoms with Crippen molar-refractivity contribution >= 4 is 41.7 Å². The third-order valence-electron chi connectivity index (χ3n) is 7.03. The minimum atomic E-state index is -1.42. The van der Waals surface area contributed by atoms with Crippen LogP contribution in [0.3, 0.4) is 0 Å². The van der Waals surface area contributed by atoms with Crippen LogP contribution in [0.15, 0.2) is 41.6 Å². The number of likely N-dealkylation sites (N-methyl/N-ethyl adjacent to an activating group) is 2. The molecule has 1 aromatic carbocycles. The zero-order valence-corrected chi connectivity index (χ0v) is 26.0. The first-order valence-electron chi connectivity index (χ1n) is 14.3. The Balaban J connectivity index is 2.16. The van der Waals surface area contributed by atoms with Gasteiger partial charge in [0.05, 0.1) is 6.61 Å². The van der Waals surface area contributed by atoms with Gasteiger partial charge in [0.25, 0.3) is 11.8 Å². The Morgan fingerprint density at radius 1 is 0.870 bits per heavy atom. The molecule has 5 atom stereocenters. The van der Waals surface area contributed by atoms with E-state index in [0.717, 1.165) is 30.6 Å². The largest absolute Gasteiger partial charge is 0.481 e. The number of imide groups is 2. The molecule has 0 radical (unpaired) electrons. The highest BCUT2D eigenvalue weighted by atomic mass is 16.7. The van der Waals surface area contributed by atoms with E-state index in [1.807, 2.05) is 0 Å². The van der Waals surface area contributed by atoms with Crippen LogP contribution in [0.2, 0.25) is 0 Å². The summed E-state index contributed by atoms with van der Waals surface area (Å²) in [6.45, 7) is 2.90. The van der Waals surface area contributed by atoms with Crippen molar-refractivity contribution in [3.63, 3.8) is 0 Å². The van der Waals surface area contributed by atoms with Crippen LogP contribution in [-0.4, -0.2) is 108 Å². The molecule has 0 spiro atoms. The van der Waals surface area contributed by atoms with E-state index in [1.165, 1.54) is 14.1 Å². The van der Waals surface area contributed by atoms with Crippen LogP contribution in [-0.2, 0) is 59.1 Å². The zero-order valence-electron chi connectivity index (χ0n) is 26.0. The summed E-state index contributed by atoms with van der Waals surface area (Å²) in [5.41, 5.74) is 0.151. The fourth-order valence-electron chi connectivity index (χ4n) is 4.92. The highest BCUT2D eigenvalue weighted by molar-refractivity contribution is 6.28. The number of hydrogen-bond acceptors (Lipinski definition) is 13. The van der Waals surface area contributed by atoms with Crippen molar-refractivity contribution in [3.8, 4) is 0 Å². The van der Waals surface area contributed by atoms with Gasteiger partial charge in [0.2, 0.25) is 0 Å². The van der Waals surface area contributed by atoms with Gasteiger partial charge in [-0.25, -0.2) is 4.79 Å². The minimum Gasteiger partial charge on any atom is -0.481 e. The molecule has 3 rings (SSSR count). The van der Waals surface area contributed by atoms with Crippen LogP contribution >= 0.6 is 0 Å². The number of urea groups is 1. The molecular formula is C30H37N3O13. The molecule has 2 N–H and O–H groups in total. The summed E-state index contributed by atoms with van der Waals surface area (Å²) in [4.78, 5) is 88.2. The first-order chi connectivity index (χ1) is 21.7. The van der Waals surface area contributed by atoms with Gasteiger partial charge in [0, 0.05) is 47.0 Å². The van der Waals surface area contributed by atoms with Gasteiger partial charge in [0.1, 0.15) is 24.3 Å². The van der Waals surface area contributed by atoms with Crippen molar-refractivity contribution < 1.29 is 62.4 Å². The summed E-state index contributed by atoms with van der Waals surface area (Å²) < 4.78 is 28.5. The number of benzene rings is 1. The van der Waals surface area contributed by atoms with Crippen LogP contribution in [0, 0.1) is 0 Å². The van der Waals surface area contributed by atoms with Crippen molar-refractivity contribution in [1.82, 2.24) is 15.1 Å². The van der Waals surface area contributed by atoms with Gasteiger partial charge >= 0.3 is 29.9 Å². The number of esters is 3. The molecule has 16 heteroatoms. The SMILES string of the molecule is CC(=O)OC[C@H]1O[C@H](OCc2ccccc2)[C@H](NC(CCCC(=O)O)=C2C(=O)N(C)C(=O)N(C)C2=O)[C@@H](OC(C)=O)[C@@H]1OC(C)=O. The second kappa shape index (κ2) is 15.9. The van der Waals surface area contributed by atoms with Gasteiger partial charge in [-0.1, -0.05) is 30.3 Å². The standard InChI is InChI=1S/C30H37N3O13/c1-16(34)42-15-21-25(44-17(2)35)26(45-18(3)36)24(29(46-21)43-14-19-10-7-6-8-11-19)31-20(12-9-13-22(37)38)23-27(39)32(4)30(41)33(5)28(23)40/h6-8,10-11,21,24-26,29,31H,9,12-15H2,1-5H3,(H,37,38)/t21-,24-,25-,26-,29+/m1/s1. The molecule has 2 fully saturated rings. The molecule has 0 aromatic heterocycles. The van der Waals surface area contributed by atoms with Crippen molar-refractivity contribution in [1.29, 1.82) is 0 Å². The predicted molar refractivity (Wildman–Crippen MR) is 154 cm³/mol.